The Morgan fingerprint density at radius 1 is 1.35 bits per heavy atom. The standard InChI is InChI=1S/C7H4N2OS2.H2O4S/c10-7(11)4-2-1-3-5-6(4)12-9-8-5;1-5(2,3)4/h1-3H,(H,10,11);(H2,1,2,3,4). The van der Waals surface area contributed by atoms with Crippen LogP contribution in [0.25, 0.3) is 10.2 Å². The van der Waals surface area contributed by atoms with Gasteiger partial charge >= 0.3 is 10.4 Å². The highest BCUT2D eigenvalue weighted by molar-refractivity contribution is 7.97. The molecule has 0 aliphatic heterocycles. The smallest absolute Gasteiger partial charge is 0.282 e. The Hall–Kier alpha value is -1.07. The molecule has 2 rings (SSSR count). The Morgan fingerprint density at radius 3 is 2.47 bits per heavy atom. The predicted molar refractivity (Wildman–Crippen MR) is 64.9 cm³/mol. The van der Waals surface area contributed by atoms with Crippen LogP contribution in [-0.2, 0) is 10.4 Å². The van der Waals surface area contributed by atoms with Crippen LogP contribution in [0, 0.1) is 0 Å². The van der Waals surface area contributed by atoms with Gasteiger partial charge in [0.2, 0.25) is 5.12 Å². The minimum atomic E-state index is -4.67. The van der Waals surface area contributed by atoms with Crippen molar-refractivity contribution in [1.82, 2.24) is 9.59 Å². The third-order valence-corrected chi connectivity index (χ3v) is 2.52. The van der Waals surface area contributed by atoms with Gasteiger partial charge in [-0.05, 0) is 23.7 Å². The van der Waals surface area contributed by atoms with Crippen molar-refractivity contribution in [3.8, 4) is 0 Å². The summed E-state index contributed by atoms with van der Waals surface area (Å²) in [6.07, 6.45) is 0. The lowest BCUT2D eigenvalue weighted by Gasteiger charge is -1.92. The van der Waals surface area contributed by atoms with Gasteiger partial charge in [-0.25, -0.2) is 0 Å². The highest BCUT2D eigenvalue weighted by atomic mass is 32.3. The van der Waals surface area contributed by atoms with E-state index in [0.29, 0.717) is 5.56 Å². The van der Waals surface area contributed by atoms with E-state index in [0.717, 1.165) is 10.2 Å². The van der Waals surface area contributed by atoms with Crippen LogP contribution in [0.2, 0.25) is 0 Å². The second-order valence-electron chi connectivity index (χ2n) is 2.68. The van der Waals surface area contributed by atoms with Gasteiger partial charge in [0.1, 0.15) is 5.52 Å². The number of aromatic nitrogens is 2. The van der Waals surface area contributed by atoms with Gasteiger partial charge < -0.3 is 0 Å². The first-order chi connectivity index (χ1) is 7.79. The largest absolute Gasteiger partial charge is 0.394 e. The number of carbonyl (C=O) groups is 1. The average Bonchev–Trinajstić information content (AvgIpc) is 2.61. The lowest BCUT2D eigenvalue weighted by Crippen LogP contribution is -1.89. The summed E-state index contributed by atoms with van der Waals surface area (Å²) in [5.74, 6) is 0. The molecule has 0 aliphatic rings. The zero-order chi connectivity index (χ0) is 13.1. The molecule has 0 unspecified atom stereocenters. The predicted octanol–water partition coefficient (Wildman–Crippen LogP) is 1.11. The van der Waals surface area contributed by atoms with Crippen molar-refractivity contribution in [3.05, 3.63) is 23.8 Å². The molecule has 92 valence electrons. The minimum absolute atomic E-state index is 0.244. The molecule has 1 aromatic carbocycles. The molecule has 2 N–H and O–H groups in total. The summed E-state index contributed by atoms with van der Waals surface area (Å²) in [6, 6.07) is 5.31. The summed E-state index contributed by atoms with van der Waals surface area (Å²) in [5, 5.41) is 3.60. The number of benzene rings is 1. The molecule has 17 heavy (non-hydrogen) atoms. The third-order valence-electron chi connectivity index (χ3n) is 1.51. The fourth-order valence-corrected chi connectivity index (χ4v) is 1.91. The first kappa shape index (κ1) is 14.0. The number of thiol groups is 1. The van der Waals surface area contributed by atoms with Gasteiger partial charge in [-0.15, -0.1) is 17.7 Å². The molecule has 0 fully saturated rings. The van der Waals surface area contributed by atoms with Gasteiger partial charge in [0.15, 0.2) is 0 Å². The van der Waals surface area contributed by atoms with Crippen LogP contribution in [0.3, 0.4) is 0 Å². The van der Waals surface area contributed by atoms with Crippen molar-refractivity contribution in [1.29, 1.82) is 0 Å². The van der Waals surface area contributed by atoms with Gasteiger partial charge in [-0.1, -0.05) is 10.6 Å². The van der Waals surface area contributed by atoms with Gasteiger partial charge in [-0.2, -0.15) is 8.42 Å². The second-order valence-corrected chi connectivity index (χ2v) is 4.74. The van der Waals surface area contributed by atoms with E-state index >= 15 is 0 Å². The molecular weight excluding hydrogens is 288 g/mol. The van der Waals surface area contributed by atoms with Gasteiger partial charge in [-0.3, -0.25) is 13.9 Å². The zero-order valence-electron chi connectivity index (χ0n) is 8.01. The van der Waals surface area contributed by atoms with E-state index in [1.54, 1.807) is 12.1 Å². The maximum absolute atomic E-state index is 11.0. The van der Waals surface area contributed by atoms with Crippen molar-refractivity contribution in [3.63, 3.8) is 0 Å². The number of carbonyl (C=O) groups excluding carboxylic acids is 1. The molecule has 1 heterocycles. The Balaban J connectivity index is 0.000000249. The van der Waals surface area contributed by atoms with Gasteiger partial charge in [0, 0.05) is 5.56 Å². The van der Waals surface area contributed by atoms with Crippen LogP contribution in [0.5, 0.6) is 0 Å². The number of nitrogens with zero attached hydrogens (tertiary/aromatic N) is 2. The van der Waals surface area contributed by atoms with Crippen LogP contribution >= 0.6 is 24.2 Å². The molecule has 0 amide bonds. The van der Waals surface area contributed by atoms with Crippen molar-refractivity contribution in [2.24, 2.45) is 0 Å². The van der Waals surface area contributed by atoms with Crippen molar-refractivity contribution < 1.29 is 22.3 Å². The van der Waals surface area contributed by atoms with E-state index in [-0.39, 0.29) is 5.12 Å². The Morgan fingerprint density at radius 2 is 1.94 bits per heavy atom. The van der Waals surface area contributed by atoms with Crippen LogP contribution in [-0.4, -0.2) is 32.2 Å². The maximum Gasteiger partial charge on any atom is 0.394 e. The van der Waals surface area contributed by atoms with Crippen LogP contribution < -0.4 is 0 Å². The lowest BCUT2D eigenvalue weighted by atomic mass is 10.2. The molecule has 0 spiro atoms. The summed E-state index contributed by atoms with van der Waals surface area (Å²) in [6.45, 7) is 0. The van der Waals surface area contributed by atoms with E-state index < -0.39 is 10.4 Å². The average molecular weight is 294 g/mol. The van der Waals surface area contributed by atoms with Crippen LogP contribution in [0.1, 0.15) is 10.4 Å². The van der Waals surface area contributed by atoms with E-state index in [1.165, 1.54) is 11.5 Å². The number of hydrogen-bond donors (Lipinski definition) is 3. The first-order valence-corrected chi connectivity index (χ1v) is 6.55. The number of hydrogen-bond acceptors (Lipinski definition) is 6. The van der Waals surface area contributed by atoms with Crippen molar-refractivity contribution in [2.75, 3.05) is 0 Å². The Bertz CT molecular complexity index is 628. The van der Waals surface area contributed by atoms with Gasteiger partial charge in [0.05, 0.1) is 4.70 Å². The molecule has 0 saturated heterocycles. The molecule has 0 bridgehead atoms. The Kier molecular flexibility index (Phi) is 4.54. The van der Waals surface area contributed by atoms with E-state index in [1.807, 2.05) is 6.07 Å². The zero-order valence-corrected chi connectivity index (χ0v) is 10.5. The molecule has 10 heteroatoms. The molecule has 1 aromatic heterocycles. The molecule has 0 atom stereocenters. The summed E-state index contributed by atoms with van der Waals surface area (Å²) in [7, 11) is -4.67. The summed E-state index contributed by atoms with van der Waals surface area (Å²) >= 11 is 4.96. The summed E-state index contributed by atoms with van der Waals surface area (Å²) in [5.41, 5.74) is 1.32. The van der Waals surface area contributed by atoms with Crippen molar-refractivity contribution in [2.45, 2.75) is 0 Å². The fourth-order valence-electron chi connectivity index (χ4n) is 0.973. The van der Waals surface area contributed by atoms with Crippen LogP contribution in [0.15, 0.2) is 18.2 Å². The monoisotopic (exact) mass is 294 g/mol. The van der Waals surface area contributed by atoms with Gasteiger partial charge in [0.25, 0.3) is 0 Å². The molecular formula is C7H6N2O5S3. The molecule has 2 aromatic rings. The fraction of sp³-hybridized carbons (Fsp3) is 0. The van der Waals surface area contributed by atoms with Crippen LogP contribution in [0.4, 0.5) is 0 Å². The quantitative estimate of drug-likeness (QED) is 0.532. The maximum atomic E-state index is 11.0. The molecule has 0 saturated carbocycles. The van der Waals surface area contributed by atoms with Crippen molar-refractivity contribution >= 4 is 49.9 Å². The number of fused-ring (bicyclic) bond motifs is 1. The van der Waals surface area contributed by atoms with E-state index in [2.05, 4.69) is 22.2 Å². The summed E-state index contributed by atoms with van der Waals surface area (Å²) < 4.78 is 36.1. The highest BCUT2D eigenvalue weighted by Crippen LogP contribution is 2.21. The summed E-state index contributed by atoms with van der Waals surface area (Å²) in [4.78, 5) is 11.0. The third kappa shape index (κ3) is 4.75. The SMILES string of the molecule is O=C(S)c1cccc2nnsc12.O=S(=O)(O)O. The lowest BCUT2D eigenvalue weighted by molar-refractivity contribution is 0.109. The topological polar surface area (TPSA) is 117 Å². The molecule has 0 aliphatic carbocycles. The highest BCUT2D eigenvalue weighted by Gasteiger charge is 2.07. The van der Waals surface area contributed by atoms with E-state index in [9.17, 15) is 4.79 Å². The number of rotatable bonds is 1. The first-order valence-electron chi connectivity index (χ1n) is 3.93. The van der Waals surface area contributed by atoms with E-state index in [4.69, 9.17) is 17.5 Å². The second kappa shape index (κ2) is 5.51. The molecule has 0 radical (unpaired) electrons. The normalized spacial score (nSPS) is 10.8. The minimum Gasteiger partial charge on any atom is -0.282 e. The molecule has 7 nitrogen and oxygen atoms in total. The Labute approximate surface area is 106 Å².